The fraction of sp³-hybridized carbons (Fsp3) is 0.538. The third-order valence-electron chi connectivity index (χ3n) is 3.43. The van der Waals surface area contributed by atoms with Crippen LogP contribution in [-0.4, -0.2) is 30.6 Å². The Balaban J connectivity index is 2.05. The van der Waals surface area contributed by atoms with E-state index < -0.39 is 0 Å². The largest absolute Gasteiger partial charge is 0.381 e. The molecule has 2 rings (SSSR count). The quantitative estimate of drug-likeness (QED) is 0.852. The average molecular weight is 239 g/mol. The molecule has 0 spiro atoms. The number of halogens is 1. The number of nitrogens with zero attached hydrogens (tertiary/aromatic N) is 1. The summed E-state index contributed by atoms with van der Waals surface area (Å²) < 4.78 is 0. The van der Waals surface area contributed by atoms with Crippen LogP contribution in [0.3, 0.4) is 0 Å². The number of likely N-dealkylation sites (tertiary alicyclic amines) is 1. The Bertz CT molecular complexity index is 368. The number of benzene rings is 1. The van der Waals surface area contributed by atoms with E-state index in [4.69, 9.17) is 11.6 Å². The van der Waals surface area contributed by atoms with E-state index in [0.29, 0.717) is 12.1 Å². The van der Waals surface area contributed by atoms with Crippen molar-refractivity contribution in [1.82, 2.24) is 4.90 Å². The second-order valence-electron chi connectivity index (χ2n) is 4.82. The van der Waals surface area contributed by atoms with Crippen LogP contribution in [0.5, 0.6) is 0 Å². The van der Waals surface area contributed by atoms with E-state index in [9.17, 15) is 0 Å². The summed E-state index contributed by atoms with van der Waals surface area (Å²) in [5.74, 6) is 0. The van der Waals surface area contributed by atoms with Crippen molar-refractivity contribution in [1.29, 1.82) is 0 Å². The molecular weight excluding hydrogens is 220 g/mol. The lowest BCUT2D eigenvalue weighted by Gasteiger charge is -2.16. The highest BCUT2D eigenvalue weighted by Gasteiger charge is 2.25. The number of likely N-dealkylation sites (N-methyl/N-ethyl adjacent to an activating group) is 1. The van der Waals surface area contributed by atoms with Gasteiger partial charge >= 0.3 is 0 Å². The maximum atomic E-state index is 5.94. The van der Waals surface area contributed by atoms with Crippen molar-refractivity contribution in [2.24, 2.45) is 0 Å². The average Bonchev–Trinajstić information content (AvgIpc) is 2.51. The molecule has 1 saturated heterocycles. The molecule has 0 aromatic heterocycles. The highest BCUT2D eigenvalue weighted by Crippen LogP contribution is 2.24. The van der Waals surface area contributed by atoms with Gasteiger partial charge in [0.05, 0.1) is 0 Å². The van der Waals surface area contributed by atoms with Gasteiger partial charge in [0, 0.05) is 29.3 Å². The fourth-order valence-corrected chi connectivity index (χ4v) is 2.53. The van der Waals surface area contributed by atoms with E-state index in [1.54, 1.807) is 0 Å². The third-order valence-corrected chi connectivity index (χ3v) is 3.67. The first-order chi connectivity index (χ1) is 7.56. The van der Waals surface area contributed by atoms with Crippen molar-refractivity contribution in [3.63, 3.8) is 0 Å². The van der Waals surface area contributed by atoms with E-state index >= 15 is 0 Å². The molecule has 2 nitrogen and oxygen atoms in total. The molecule has 0 radical (unpaired) electrons. The summed E-state index contributed by atoms with van der Waals surface area (Å²) in [6.07, 6.45) is 1.21. The number of hydrogen-bond acceptors (Lipinski definition) is 2. The van der Waals surface area contributed by atoms with Gasteiger partial charge in [-0.3, -0.25) is 0 Å². The molecule has 0 amide bonds. The maximum absolute atomic E-state index is 5.94. The van der Waals surface area contributed by atoms with Gasteiger partial charge in [-0.25, -0.2) is 0 Å². The number of hydrogen-bond donors (Lipinski definition) is 1. The van der Waals surface area contributed by atoms with Gasteiger partial charge in [0.15, 0.2) is 0 Å². The summed E-state index contributed by atoms with van der Waals surface area (Å²) in [6.45, 7) is 5.48. The van der Waals surface area contributed by atoms with Crippen molar-refractivity contribution in [3.05, 3.63) is 28.8 Å². The van der Waals surface area contributed by atoms with Crippen LogP contribution >= 0.6 is 11.6 Å². The molecule has 1 aliphatic rings. The summed E-state index contributed by atoms with van der Waals surface area (Å²) >= 11 is 5.94. The molecule has 2 atom stereocenters. The van der Waals surface area contributed by atoms with Gasteiger partial charge < -0.3 is 10.2 Å². The SMILES string of the molecule is Cc1cc(Cl)ccc1NC1CC(C)N(C)C1. The molecule has 0 aliphatic carbocycles. The lowest BCUT2D eigenvalue weighted by molar-refractivity contribution is 0.330. The number of nitrogens with one attached hydrogen (secondary N) is 1. The molecule has 1 aromatic carbocycles. The second kappa shape index (κ2) is 4.64. The van der Waals surface area contributed by atoms with Crippen LogP contribution in [0.2, 0.25) is 5.02 Å². The molecule has 1 heterocycles. The molecule has 2 unspecified atom stereocenters. The van der Waals surface area contributed by atoms with Gasteiger partial charge in [0.25, 0.3) is 0 Å². The van der Waals surface area contributed by atoms with E-state index in [0.717, 1.165) is 11.6 Å². The van der Waals surface area contributed by atoms with Gasteiger partial charge in [-0.2, -0.15) is 0 Å². The molecule has 1 fully saturated rings. The minimum absolute atomic E-state index is 0.555. The minimum Gasteiger partial charge on any atom is -0.381 e. The normalized spacial score (nSPS) is 26.0. The molecule has 1 aromatic rings. The Labute approximate surface area is 103 Å². The number of anilines is 1. The van der Waals surface area contributed by atoms with Crippen LogP contribution in [0.15, 0.2) is 18.2 Å². The van der Waals surface area contributed by atoms with E-state index in [1.165, 1.54) is 17.7 Å². The van der Waals surface area contributed by atoms with Crippen molar-refractivity contribution < 1.29 is 0 Å². The predicted molar refractivity (Wildman–Crippen MR) is 70.3 cm³/mol. The predicted octanol–water partition coefficient (Wildman–Crippen LogP) is 3.15. The number of aryl methyl sites for hydroxylation is 1. The Kier molecular flexibility index (Phi) is 3.41. The summed E-state index contributed by atoms with van der Waals surface area (Å²) in [7, 11) is 2.18. The van der Waals surface area contributed by atoms with Crippen LogP contribution in [0.1, 0.15) is 18.9 Å². The molecule has 3 heteroatoms. The first-order valence-corrected chi connectivity index (χ1v) is 6.17. The maximum Gasteiger partial charge on any atom is 0.0410 e. The Morgan fingerprint density at radius 1 is 1.44 bits per heavy atom. The zero-order chi connectivity index (χ0) is 11.7. The summed E-state index contributed by atoms with van der Waals surface area (Å²) in [5, 5.41) is 4.40. The second-order valence-corrected chi connectivity index (χ2v) is 5.26. The zero-order valence-corrected chi connectivity index (χ0v) is 10.9. The standard InChI is InChI=1S/C13H19ClN2/c1-9-6-11(14)4-5-13(9)15-12-7-10(2)16(3)8-12/h4-6,10,12,15H,7-8H2,1-3H3. The molecule has 1 N–H and O–H groups in total. The Morgan fingerprint density at radius 3 is 2.75 bits per heavy atom. The van der Waals surface area contributed by atoms with E-state index in [-0.39, 0.29) is 0 Å². The zero-order valence-electron chi connectivity index (χ0n) is 10.1. The smallest absolute Gasteiger partial charge is 0.0410 e. The van der Waals surface area contributed by atoms with Crippen molar-refractivity contribution in [2.75, 3.05) is 18.9 Å². The highest BCUT2D eigenvalue weighted by molar-refractivity contribution is 6.30. The van der Waals surface area contributed by atoms with Crippen molar-refractivity contribution >= 4 is 17.3 Å². The molecule has 0 saturated carbocycles. The lowest BCUT2D eigenvalue weighted by atomic mass is 10.1. The van der Waals surface area contributed by atoms with Gasteiger partial charge in [-0.1, -0.05) is 11.6 Å². The summed E-state index contributed by atoms with van der Waals surface area (Å²) in [4.78, 5) is 2.39. The van der Waals surface area contributed by atoms with Crippen LogP contribution in [0.4, 0.5) is 5.69 Å². The van der Waals surface area contributed by atoms with Crippen LogP contribution < -0.4 is 5.32 Å². The van der Waals surface area contributed by atoms with E-state index in [2.05, 4.69) is 37.2 Å². The minimum atomic E-state index is 0.555. The van der Waals surface area contributed by atoms with Gasteiger partial charge in [0.1, 0.15) is 0 Å². The molecular formula is C13H19ClN2. The topological polar surface area (TPSA) is 15.3 Å². The highest BCUT2D eigenvalue weighted by atomic mass is 35.5. The Hall–Kier alpha value is -0.730. The van der Waals surface area contributed by atoms with Gasteiger partial charge in [0.2, 0.25) is 0 Å². The number of rotatable bonds is 2. The molecule has 1 aliphatic heterocycles. The van der Waals surface area contributed by atoms with Crippen LogP contribution in [0.25, 0.3) is 0 Å². The monoisotopic (exact) mass is 238 g/mol. The van der Waals surface area contributed by atoms with E-state index in [1.807, 2.05) is 12.1 Å². The van der Waals surface area contributed by atoms with Crippen LogP contribution in [-0.2, 0) is 0 Å². The molecule has 88 valence electrons. The molecule has 16 heavy (non-hydrogen) atoms. The summed E-state index contributed by atoms with van der Waals surface area (Å²) in [5.41, 5.74) is 2.42. The first kappa shape index (κ1) is 11.7. The lowest BCUT2D eigenvalue weighted by Crippen LogP contribution is -2.25. The van der Waals surface area contributed by atoms with Gasteiger partial charge in [-0.05, 0) is 51.1 Å². The van der Waals surface area contributed by atoms with Crippen molar-refractivity contribution in [3.8, 4) is 0 Å². The first-order valence-electron chi connectivity index (χ1n) is 5.79. The molecule has 0 bridgehead atoms. The van der Waals surface area contributed by atoms with Crippen LogP contribution in [0, 0.1) is 6.92 Å². The van der Waals surface area contributed by atoms with Gasteiger partial charge in [-0.15, -0.1) is 0 Å². The summed E-state index contributed by atoms with van der Waals surface area (Å²) in [6, 6.07) is 7.25. The third kappa shape index (κ3) is 2.50. The fourth-order valence-electron chi connectivity index (χ4n) is 2.31. The van der Waals surface area contributed by atoms with Crippen molar-refractivity contribution in [2.45, 2.75) is 32.4 Å². The Morgan fingerprint density at radius 2 is 2.19 bits per heavy atom.